The van der Waals surface area contributed by atoms with Gasteiger partial charge >= 0.3 is 0 Å². The van der Waals surface area contributed by atoms with Crippen LogP contribution in [-0.4, -0.2) is 37.9 Å². The molecule has 9 nitrogen and oxygen atoms in total. The Hall–Kier alpha value is -3.76. The number of amides is 2. The Morgan fingerprint density at radius 3 is 2.62 bits per heavy atom. The predicted molar refractivity (Wildman–Crippen MR) is 156 cm³/mol. The molecule has 3 N–H and O–H groups in total. The number of aromatic nitrogens is 3. The first kappa shape index (κ1) is 28.3. The number of nitrogens with one attached hydrogen (secondary N) is 3. The summed E-state index contributed by atoms with van der Waals surface area (Å²) in [5, 5.41) is 9.53. The van der Waals surface area contributed by atoms with E-state index in [0.29, 0.717) is 35.7 Å². The lowest BCUT2D eigenvalue weighted by Crippen LogP contribution is -2.46. The Morgan fingerprint density at radius 1 is 1.18 bits per heavy atom. The molecule has 0 aliphatic rings. The third-order valence-electron chi connectivity index (χ3n) is 6.65. The Bertz CT molecular complexity index is 1480. The smallest absolute Gasteiger partial charge is 0.268 e. The number of carbonyl (C=O) groups is 2. The average Bonchev–Trinajstić information content (AvgIpc) is 3.62. The molecular formula is C29H36N6O3S. The second-order valence-electron chi connectivity index (χ2n) is 11.4. The molecule has 0 radical (unpaired) electrons. The predicted octanol–water partition coefficient (Wildman–Crippen LogP) is 5.61. The Morgan fingerprint density at radius 2 is 1.95 bits per heavy atom. The minimum atomic E-state index is -0.636. The second kappa shape index (κ2) is 11.2. The zero-order chi connectivity index (χ0) is 28.4. The number of hydrogen-bond acceptors (Lipinski definition) is 7. The fourth-order valence-electron chi connectivity index (χ4n) is 4.03. The molecule has 4 aromatic rings. The largest absolute Gasteiger partial charge is 0.443 e. The molecule has 0 fully saturated rings. The van der Waals surface area contributed by atoms with Crippen molar-refractivity contribution in [1.29, 1.82) is 0 Å². The standard InChI is InChI=1S/C29H36N6O3S/c1-8-25(36)34-29(6,7)16-35-21-10-9-19(14-31-18(2)28(3,4)5)13-20(21)32-27(35)33-26(37)24-12-11-23(39-24)22-15-30-17-38-22/h8-13,15,17-18,31H,1,14,16H2,2-7H3,(H,34,36)(H,32,33,37). The lowest BCUT2D eigenvalue weighted by atomic mass is 9.88. The number of fused-ring (bicyclic) bond motifs is 1. The van der Waals surface area contributed by atoms with Crippen molar-refractivity contribution in [2.75, 3.05) is 5.32 Å². The van der Waals surface area contributed by atoms with E-state index in [1.54, 1.807) is 12.3 Å². The van der Waals surface area contributed by atoms with Crippen molar-refractivity contribution in [1.82, 2.24) is 25.2 Å². The van der Waals surface area contributed by atoms with Crippen molar-refractivity contribution >= 4 is 40.1 Å². The van der Waals surface area contributed by atoms with Crippen molar-refractivity contribution in [2.24, 2.45) is 5.41 Å². The van der Waals surface area contributed by atoms with Gasteiger partial charge < -0.3 is 19.6 Å². The molecule has 0 saturated heterocycles. The maximum Gasteiger partial charge on any atom is 0.268 e. The summed E-state index contributed by atoms with van der Waals surface area (Å²) in [6.45, 7) is 17.3. The van der Waals surface area contributed by atoms with Gasteiger partial charge in [0.1, 0.15) is 0 Å². The highest BCUT2D eigenvalue weighted by molar-refractivity contribution is 7.17. The van der Waals surface area contributed by atoms with Gasteiger partial charge in [-0.25, -0.2) is 9.97 Å². The highest BCUT2D eigenvalue weighted by atomic mass is 32.1. The van der Waals surface area contributed by atoms with Crippen LogP contribution in [0.2, 0.25) is 0 Å². The van der Waals surface area contributed by atoms with E-state index >= 15 is 0 Å². The molecule has 10 heteroatoms. The number of carbonyl (C=O) groups excluding carboxylic acids is 2. The van der Waals surface area contributed by atoms with Gasteiger partial charge in [-0.2, -0.15) is 0 Å². The van der Waals surface area contributed by atoms with Crippen LogP contribution in [0.5, 0.6) is 0 Å². The van der Waals surface area contributed by atoms with Crippen LogP contribution in [0.1, 0.15) is 56.8 Å². The molecule has 1 atom stereocenters. The maximum atomic E-state index is 13.3. The third-order valence-corrected chi connectivity index (χ3v) is 7.75. The zero-order valence-electron chi connectivity index (χ0n) is 23.3. The lowest BCUT2D eigenvalue weighted by molar-refractivity contribution is -0.118. The van der Waals surface area contributed by atoms with E-state index in [1.807, 2.05) is 36.6 Å². The first-order valence-corrected chi connectivity index (χ1v) is 13.6. The molecule has 206 valence electrons. The summed E-state index contributed by atoms with van der Waals surface area (Å²) in [5.74, 6) is 0.456. The van der Waals surface area contributed by atoms with Crippen LogP contribution in [0.3, 0.4) is 0 Å². The van der Waals surface area contributed by atoms with Crippen LogP contribution in [0.25, 0.3) is 21.7 Å². The first-order chi connectivity index (χ1) is 18.4. The van der Waals surface area contributed by atoms with E-state index < -0.39 is 5.54 Å². The molecule has 0 aliphatic carbocycles. The molecule has 1 unspecified atom stereocenters. The average molecular weight is 549 g/mol. The van der Waals surface area contributed by atoms with E-state index in [4.69, 9.17) is 9.40 Å². The van der Waals surface area contributed by atoms with Gasteiger partial charge in [-0.1, -0.05) is 33.4 Å². The number of hydrogen-bond donors (Lipinski definition) is 3. The Labute approximate surface area is 232 Å². The Balaban J connectivity index is 1.64. The van der Waals surface area contributed by atoms with Crippen LogP contribution in [0.15, 0.2) is 60.0 Å². The monoisotopic (exact) mass is 548 g/mol. The van der Waals surface area contributed by atoms with E-state index in [9.17, 15) is 9.59 Å². The highest BCUT2D eigenvalue weighted by Gasteiger charge is 2.25. The molecule has 3 aromatic heterocycles. The zero-order valence-corrected chi connectivity index (χ0v) is 24.1. The third kappa shape index (κ3) is 6.82. The fourth-order valence-corrected chi connectivity index (χ4v) is 4.88. The fraction of sp³-hybridized carbons (Fsp3) is 0.379. The summed E-state index contributed by atoms with van der Waals surface area (Å²) in [7, 11) is 0. The first-order valence-electron chi connectivity index (χ1n) is 12.8. The molecule has 0 aliphatic heterocycles. The second-order valence-corrected chi connectivity index (χ2v) is 12.5. The van der Waals surface area contributed by atoms with Gasteiger partial charge in [0.2, 0.25) is 11.9 Å². The van der Waals surface area contributed by atoms with E-state index in [-0.39, 0.29) is 17.2 Å². The molecule has 0 bridgehead atoms. The van der Waals surface area contributed by atoms with E-state index in [0.717, 1.165) is 21.5 Å². The summed E-state index contributed by atoms with van der Waals surface area (Å²) in [5.41, 5.74) is 2.21. The summed E-state index contributed by atoms with van der Waals surface area (Å²) >= 11 is 1.31. The summed E-state index contributed by atoms with van der Waals surface area (Å²) < 4.78 is 7.28. The number of benzene rings is 1. The molecule has 4 rings (SSSR count). The van der Waals surface area contributed by atoms with Gasteiger partial charge in [0.05, 0.1) is 32.5 Å². The van der Waals surface area contributed by atoms with Crippen molar-refractivity contribution in [2.45, 2.75) is 66.2 Å². The van der Waals surface area contributed by atoms with Gasteiger partial charge in [0.15, 0.2) is 12.2 Å². The maximum absolute atomic E-state index is 13.3. The number of rotatable bonds is 10. The van der Waals surface area contributed by atoms with Crippen molar-refractivity contribution in [3.05, 3.63) is 66.0 Å². The molecular weight excluding hydrogens is 512 g/mol. The molecule has 0 saturated carbocycles. The van der Waals surface area contributed by atoms with Crippen molar-refractivity contribution < 1.29 is 14.0 Å². The van der Waals surface area contributed by atoms with Gasteiger partial charge in [-0.05, 0) is 62.1 Å². The molecule has 1 aromatic carbocycles. The number of imidazole rings is 1. The number of thiophene rings is 1. The van der Waals surface area contributed by atoms with Gasteiger partial charge in [-0.15, -0.1) is 11.3 Å². The van der Waals surface area contributed by atoms with E-state index in [1.165, 1.54) is 23.8 Å². The molecule has 2 amide bonds. The van der Waals surface area contributed by atoms with Crippen LogP contribution in [0, 0.1) is 5.41 Å². The minimum absolute atomic E-state index is 0.139. The van der Waals surface area contributed by atoms with Crippen molar-refractivity contribution in [3.8, 4) is 10.6 Å². The minimum Gasteiger partial charge on any atom is -0.443 e. The summed E-state index contributed by atoms with van der Waals surface area (Å²) in [4.78, 5) is 35.4. The normalized spacial score (nSPS) is 12.9. The SMILES string of the molecule is C=CC(=O)NC(C)(C)Cn1c(NC(=O)c2ccc(-c3cnco3)s2)nc2cc(CNC(C)C(C)(C)C)ccc21. The van der Waals surface area contributed by atoms with Crippen LogP contribution >= 0.6 is 11.3 Å². The van der Waals surface area contributed by atoms with E-state index in [2.05, 4.69) is 61.3 Å². The summed E-state index contributed by atoms with van der Waals surface area (Å²) in [6, 6.07) is 10.0. The lowest BCUT2D eigenvalue weighted by Gasteiger charge is -2.28. The molecule has 3 heterocycles. The van der Waals surface area contributed by atoms with Crippen molar-refractivity contribution in [3.63, 3.8) is 0 Å². The van der Waals surface area contributed by atoms with Gasteiger partial charge in [0, 0.05) is 19.1 Å². The van der Waals surface area contributed by atoms with Crippen LogP contribution in [-0.2, 0) is 17.9 Å². The highest BCUT2D eigenvalue weighted by Crippen LogP contribution is 2.29. The molecule has 0 spiro atoms. The van der Waals surface area contributed by atoms with Gasteiger partial charge in [-0.3, -0.25) is 14.9 Å². The van der Waals surface area contributed by atoms with Crippen LogP contribution < -0.4 is 16.0 Å². The van der Waals surface area contributed by atoms with Crippen LogP contribution in [0.4, 0.5) is 5.95 Å². The Kier molecular flexibility index (Phi) is 8.08. The number of oxazole rings is 1. The quantitative estimate of drug-likeness (QED) is 0.222. The topological polar surface area (TPSA) is 114 Å². The summed E-state index contributed by atoms with van der Waals surface area (Å²) in [6.07, 6.45) is 4.22. The van der Waals surface area contributed by atoms with Gasteiger partial charge in [0.25, 0.3) is 5.91 Å². The number of anilines is 1. The number of nitrogens with zero attached hydrogens (tertiary/aromatic N) is 3. The molecule has 39 heavy (non-hydrogen) atoms.